The van der Waals surface area contributed by atoms with Gasteiger partial charge in [0.2, 0.25) is 0 Å². The van der Waals surface area contributed by atoms with Crippen molar-refractivity contribution in [2.45, 2.75) is 39.8 Å². The third-order valence-electron chi connectivity index (χ3n) is 4.65. The highest BCUT2D eigenvalue weighted by molar-refractivity contribution is 5.81. The average Bonchev–Trinajstić information content (AvgIpc) is 2.59. The highest BCUT2D eigenvalue weighted by Gasteiger charge is 2.12. The molecule has 1 aromatic heterocycles. The monoisotopic (exact) mass is 352 g/mol. The molecular formula is C22H26NO3+. The lowest BCUT2D eigenvalue weighted by Crippen LogP contribution is -2.83. The van der Waals surface area contributed by atoms with E-state index in [1.165, 1.54) is 23.3 Å². The Hall–Kier alpha value is -2.59. The van der Waals surface area contributed by atoms with Crippen LogP contribution in [0.15, 0.2) is 57.7 Å². The molecule has 1 atom stereocenters. The lowest BCUT2D eigenvalue weighted by molar-refractivity contribution is -0.707. The van der Waals surface area contributed by atoms with E-state index in [0.29, 0.717) is 18.0 Å². The van der Waals surface area contributed by atoms with E-state index >= 15 is 0 Å². The summed E-state index contributed by atoms with van der Waals surface area (Å²) < 4.78 is 5.19. The predicted molar refractivity (Wildman–Crippen MR) is 103 cm³/mol. The van der Waals surface area contributed by atoms with Crippen molar-refractivity contribution in [1.82, 2.24) is 0 Å². The second-order valence-corrected chi connectivity index (χ2v) is 7.34. The standard InChI is InChI=1S/C22H25NO3/c1-14(2)10-16-4-6-17(7-5-16)15(3)23-13-18-11-22(25)26-21-12-19(24)8-9-20(18)21/h4-9,11-12,14-15,23-24H,10,13H2,1-3H3/p+1/t15-/m0/s1. The van der Waals surface area contributed by atoms with Crippen LogP contribution in [0.5, 0.6) is 5.75 Å². The first-order chi connectivity index (χ1) is 12.4. The smallest absolute Gasteiger partial charge is 0.336 e. The zero-order valence-corrected chi connectivity index (χ0v) is 15.5. The second-order valence-electron chi connectivity index (χ2n) is 7.34. The topological polar surface area (TPSA) is 67.0 Å². The van der Waals surface area contributed by atoms with Gasteiger partial charge in [0.15, 0.2) is 0 Å². The van der Waals surface area contributed by atoms with E-state index in [1.807, 2.05) is 0 Å². The summed E-state index contributed by atoms with van der Waals surface area (Å²) in [5.41, 5.74) is 3.58. The lowest BCUT2D eigenvalue weighted by Gasteiger charge is -2.13. The molecule has 136 valence electrons. The number of quaternary nitrogens is 1. The van der Waals surface area contributed by atoms with Crippen LogP contribution in [0, 0.1) is 5.92 Å². The largest absolute Gasteiger partial charge is 0.508 e. The van der Waals surface area contributed by atoms with Gasteiger partial charge in [0.05, 0.1) is 0 Å². The van der Waals surface area contributed by atoms with Crippen molar-refractivity contribution in [3.05, 3.63) is 75.6 Å². The third kappa shape index (κ3) is 4.33. The summed E-state index contributed by atoms with van der Waals surface area (Å²) in [5.74, 6) is 0.749. The molecule has 4 heteroatoms. The molecule has 0 aliphatic rings. The minimum atomic E-state index is -0.391. The molecule has 0 amide bonds. The maximum atomic E-state index is 11.8. The summed E-state index contributed by atoms with van der Waals surface area (Å²) in [6.45, 7) is 7.29. The summed E-state index contributed by atoms with van der Waals surface area (Å²) in [6.07, 6.45) is 1.09. The number of aromatic hydroxyl groups is 1. The van der Waals surface area contributed by atoms with Crippen LogP contribution >= 0.6 is 0 Å². The van der Waals surface area contributed by atoms with Gasteiger partial charge in [-0.15, -0.1) is 0 Å². The zero-order valence-electron chi connectivity index (χ0n) is 15.5. The van der Waals surface area contributed by atoms with Crippen LogP contribution in [0.4, 0.5) is 0 Å². The Morgan fingerprint density at radius 3 is 2.46 bits per heavy atom. The Balaban J connectivity index is 1.74. The number of fused-ring (bicyclic) bond motifs is 1. The molecule has 0 radical (unpaired) electrons. The van der Waals surface area contributed by atoms with Gasteiger partial charge in [0.25, 0.3) is 0 Å². The van der Waals surface area contributed by atoms with Crippen LogP contribution in [-0.2, 0) is 13.0 Å². The Morgan fingerprint density at radius 1 is 1.04 bits per heavy atom. The van der Waals surface area contributed by atoms with E-state index in [1.54, 1.807) is 12.1 Å². The molecule has 3 N–H and O–H groups in total. The fourth-order valence-electron chi connectivity index (χ4n) is 3.26. The number of benzene rings is 2. The second kappa shape index (κ2) is 7.75. The molecule has 3 rings (SSSR count). The van der Waals surface area contributed by atoms with Gasteiger partial charge in [0.1, 0.15) is 23.9 Å². The normalized spacial score (nSPS) is 12.6. The first-order valence-electron chi connectivity index (χ1n) is 9.10. The van der Waals surface area contributed by atoms with Crippen LogP contribution in [0.25, 0.3) is 11.0 Å². The van der Waals surface area contributed by atoms with Crippen molar-refractivity contribution in [1.29, 1.82) is 0 Å². The van der Waals surface area contributed by atoms with E-state index < -0.39 is 5.63 Å². The molecule has 0 spiro atoms. The Morgan fingerprint density at radius 2 is 1.77 bits per heavy atom. The Labute approximate surface area is 153 Å². The van der Waals surface area contributed by atoms with Gasteiger partial charge in [-0.05, 0) is 37.0 Å². The molecule has 0 saturated heterocycles. The quantitative estimate of drug-likeness (QED) is 0.667. The van der Waals surface area contributed by atoms with E-state index in [2.05, 4.69) is 50.4 Å². The van der Waals surface area contributed by atoms with Crippen molar-refractivity contribution < 1.29 is 14.8 Å². The van der Waals surface area contributed by atoms with E-state index in [9.17, 15) is 9.90 Å². The average molecular weight is 352 g/mol. The SMILES string of the molecule is CC(C)Cc1ccc([C@H](C)[NH2+]Cc2cc(=O)oc3cc(O)ccc23)cc1. The van der Waals surface area contributed by atoms with Gasteiger partial charge >= 0.3 is 5.63 Å². The van der Waals surface area contributed by atoms with Crippen molar-refractivity contribution in [2.75, 3.05) is 0 Å². The molecule has 0 saturated carbocycles. The molecular weight excluding hydrogens is 326 g/mol. The summed E-state index contributed by atoms with van der Waals surface area (Å²) in [6, 6.07) is 15.5. The Bertz CT molecular complexity index is 942. The minimum absolute atomic E-state index is 0.0941. The third-order valence-corrected chi connectivity index (χ3v) is 4.65. The maximum absolute atomic E-state index is 11.8. The highest BCUT2D eigenvalue weighted by Crippen LogP contribution is 2.21. The fraction of sp³-hybridized carbons (Fsp3) is 0.318. The van der Waals surface area contributed by atoms with Crippen molar-refractivity contribution in [2.24, 2.45) is 5.92 Å². The maximum Gasteiger partial charge on any atom is 0.336 e. The first kappa shape index (κ1) is 18.2. The number of rotatable bonds is 6. The van der Waals surface area contributed by atoms with E-state index in [0.717, 1.165) is 17.4 Å². The molecule has 1 heterocycles. The Kier molecular flexibility index (Phi) is 5.43. The molecule has 2 aromatic carbocycles. The summed E-state index contributed by atoms with van der Waals surface area (Å²) in [5, 5.41) is 12.7. The van der Waals surface area contributed by atoms with Gasteiger partial charge in [-0.2, -0.15) is 0 Å². The molecule has 0 aliphatic carbocycles. The summed E-state index contributed by atoms with van der Waals surface area (Å²) in [7, 11) is 0. The van der Waals surface area contributed by atoms with Crippen LogP contribution in [-0.4, -0.2) is 5.11 Å². The molecule has 3 aromatic rings. The van der Waals surface area contributed by atoms with Crippen LogP contribution in [0.1, 0.15) is 43.5 Å². The summed E-state index contributed by atoms with van der Waals surface area (Å²) >= 11 is 0. The van der Waals surface area contributed by atoms with Crippen LogP contribution in [0.3, 0.4) is 0 Å². The minimum Gasteiger partial charge on any atom is -0.508 e. The number of hydrogen-bond acceptors (Lipinski definition) is 3. The van der Waals surface area contributed by atoms with Gasteiger partial charge in [0, 0.05) is 28.6 Å². The van der Waals surface area contributed by atoms with Gasteiger partial charge < -0.3 is 14.8 Å². The predicted octanol–water partition coefficient (Wildman–Crippen LogP) is 3.52. The lowest BCUT2D eigenvalue weighted by atomic mass is 10.00. The number of hydrogen-bond donors (Lipinski definition) is 2. The number of phenolic OH excluding ortho intramolecular Hbond substituents is 1. The van der Waals surface area contributed by atoms with Crippen molar-refractivity contribution in [3.63, 3.8) is 0 Å². The highest BCUT2D eigenvalue weighted by atomic mass is 16.4. The number of nitrogens with two attached hydrogens (primary N) is 1. The summed E-state index contributed by atoms with van der Waals surface area (Å²) in [4.78, 5) is 11.8. The van der Waals surface area contributed by atoms with Crippen molar-refractivity contribution in [3.8, 4) is 5.75 Å². The molecule has 4 nitrogen and oxygen atoms in total. The van der Waals surface area contributed by atoms with E-state index in [-0.39, 0.29) is 11.8 Å². The fourth-order valence-corrected chi connectivity index (χ4v) is 3.26. The molecule has 26 heavy (non-hydrogen) atoms. The van der Waals surface area contributed by atoms with Gasteiger partial charge in [-0.3, -0.25) is 0 Å². The van der Waals surface area contributed by atoms with Crippen LogP contribution in [0.2, 0.25) is 0 Å². The van der Waals surface area contributed by atoms with Gasteiger partial charge in [-0.25, -0.2) is 4.79 Å². The van der Waals surface area contributed by atoms with Crippen molar-refractivity contribution >= 4 is 11.0 Å². The first-order valence-corrected chi connectivity index (χ1v) is 9.10. The molecule has 0 bridgehead atoms. The van der Waals surface area contributed by atoms with Crippen LogP contribution < -0.4 is 10.9 Å². The van der Waals surface area contributed by atoms with E-state index in [4.69, 9.17) is 4.42 Å². The van der Waals surface area contributed by atoms with Gasteiger partial charge in [-0.1, -0.05) is 38.1 Å². The molecule has 0 fully saturated rings. The molecule has 0 unspecified atom stereocenters. The zero-order chi connectivity index (χ0) is 18.7. The molecule has 0 aliphatic heterocycles. The number of phenols is 1.